The molecule has 0 spiro atoms. The molecular formula is C13H17BrN4S. The standard InChI is InChI=1S/C13H17BrN4S/c1-9-2-13-16-5-10(7-18(13)17-9)4-15-6-12-3-11(14)8-19-12/h2-3,8,10,15-16H,4-7H2,1H3/t10-/m1/s1. The molecule has 1 atom stereocenters. The van der Waals surface area contributed by atoms with Gasteiger partial charge in [0.05, 0.1) is 5.69 Å². The molecule has 2 aromatic heterocycles. The van der Waals surface area contributed by atoms with Crippen LogP contribution in [0.15, 0.2) is 22.0 Å². The van der Waals surface area contributed by atoms with Crippen molar-refractivity contribution < 1.29 is 0 Å². The van der Waals surface area contributed by atoms with Crippen molar-refractivity contribution >= 4 is 33.1 Å². The van der Waals surface area contributed by atoms with Crippen molar-refractivity contribution in [3.05, 3.63) is 32.6 Å². The summed E-state index contributed by atoms with van der Waals surface area (Å²) in [6, 6.07) is 4.28. The molecule has 0 fully saturated rings. The lowest BCUT2D eigenvalue weighted by atomic mass is 10.1. The first-order valence-electron chi connectivity index (χ1n) is 6.42. The number of aromatic nitrogens is 2. The molecule has 0 radical (unpaired) electrons. The van der Waals surface area contributed by atoms with Gasteiger partial charge in [-0.3, -0.25) is 0 Å². The van der Waals surface area contributed by atoms with Crippen LogP contribution in [0.25, 0.3) is 0 Å². The normalized spacial score (nSPS) is 18.1. The van der Waals surface area contributed by atoms with Gasteiger partial charge in [0.25, 0.3) is 0 Å². The molecule has 0 saturated carbocycles. The number of aryl methyl sites for hydroxylation is 1. The van der Waals surface area contributed by atoms with Gasteiger partial charge in [-0.15, -0.1) is 11.3 Å². The van der Waals surface area contributed by atoms with E-state index >= 15 is 0 Å². The fourth-order valence-electron chi connectivity index (χ4n) is 2.37. The van der Waals surface area contributed by atoms with Crippen LogP contribution in [0.1, 0.15) is 10.6 Å². The Morgan fingerprint density at radius 2 is 2.47 bits per heavy atom. The van der Waals surface area contributed by atoms with Crippen LogP contribution in [-0.4, -0.2) is 22.9 Å². The average molecular weight is 341 g/mol. The van der Waals surface area contributed by atoms with E-state index in [9.17, 15) is 0 Å². The predicted molar refractivity (Wildman–Crippen MR) is 82.7 cm³/mol. The lowest BCUT2D eigenvalue weighted by Gasteiger charge is -2.25. The Hall–Kier alpha value is -0.850. The van der Waals surface area contributed by atoms with Gasteiger partial charge in [-0.2, -0.15) is 5.10 Å². The van der Waals surface area contributed by atoms with E-state index in [1.54, 1.807) is 11.3 Å². The van der Waals surface area contributed by atoms with Crippen molar-refractivity contribution in [2.24, 2.45) is 5.92 Å². The van der Waals surface area contributed by atoms with E-state index in [2.05, 4.69) is 53.9 Å². The van der Waals surface area contributed by atoms with Gasteiger partial charge in [0, 0.05) is 52.9 Å². The minimum Gasteiger partial charge on any atom is -0.370 e. The molecule has 1 aliphatic heterocycles. The Kier molecular flexibility index (Phi) is 3.91. The van der Waals surface area contributed by atoms with Crippen LogP contribution >= 0.6 is 27.3 Å². The second kappa shape index (κ2) is 5.64. The zero-order valence-corrected chi connectivity index (χ0v) is 13.2. The number of hydrogen-bond acceptors (Lipinski definition) is 4. The maximum atomic E-state index is 4.49. The molecule has 0 bridgehead atoms. The van der Waals surface area contributed by atoms with E-state index in [0.29, 0.717) is 5.92 Å². The minimum atomic E-state index is 0.593. The number of fused-ring (bicyclic) bond motifs is 1. The van der Waals surface area contributed by atoms with Crippen LogP contribution in [-0.2, 0) is 13.1 Å². The van der Waals surface area contributed by atoms with E-state index in [1.165, 1.54) is 9.35 Å². The second-order valence-corrected chi connectivity index (χ2v) is 6.87. The number of nitrogens with zero attached hydrogens (tertiary/aromatic N) is 2. The van der Waals surface area contributed by atoms with Gasteiger partial charge in [-0.05, 0) is 28.9 Å². The molecule has 0 aromatic carbocycles. The third-order valence-electron chi connectivity index (χ3n) is 3.26. The second-order valence-electron chi connectivity index (χ2n) is 4.96. The average Bonchev–Trinajstić information content (AvgIpc) is 2.94. The van der Waals surface area contributed by atoms with E-state index < -0.39 is 0 Å². The van der Waals surface area contributed by atoms with E-state index in [0.717, 1.165) is 37.7 Å². The summed E-state index contributed by atoms with van der Waals surface area (Å²) in [5.41, 5.74) is 1.08. The van der Waals surface area contributed by atoms with Crippen molar-refractivity contribution in [1.29, 1.82) is 0 Å². The topological polar surface area (TPSA) is 41.9 Å². The first-order valence-corrected chi connectivity index (χ1v) is 8.10. The molecule has 1 aliphatic rings. The summed E-state index contributed by atoms with van der Waals surface area (Å²) < 4.78 is 3.25. The van der Waals surface area contributed by atoms with Crippen molar-refractivity contribution in [3.8, 4) is 0 Å². The number of anilines is 1. The van der Waals surface area contributed by atoms with Gasteiger partial charge in [-0.25, -0.2) is 4.68 Å². The predicted octanol–water partition coefficient (Wildman–Crippen LogP) is 2.85. The Bertz CT molecular complexity index is 563. The van der Waals surface area contributed by atoms with Crippen molar-refractivity contribution in [3.63, 3.8) is 0 Å². The summed E-state index contributed by atoms with van der Waals surface area (Å²) >= 11 is 5.27. The van der Waals surface area contributed by atoms with Crippen LogP contribution in [0.5, 0.6) is 0 Å². The molecule has 19 heavy (non-hydrogen) atoms. The number of thiophene rings is 1. The molecule has 0 unspecified atom stereocenters. The summed E-state index contributed by atoms with van der Waals surface area (Å²) in [5.74, 6) is 1.74. The van der Waals surface area contributed by atoms with Gasteiger partial charge in [-0.1, -0.05) is 0 Å². The molecular weight excluding hydrogens is 324 g/mol. The molecule has 3 rings (SSSR count). The zero-order chi connectivity index (χ0) is 13.2. The quantitative estimate of drug-likeness (QED) is 0.899. The number of hydrogen-bond donors (Lipinski definition) is 2. The summed E-state index contributed by atoms with van der Waals surface area (Å²) in [4.78, 5) is 1.37. The monoisotopic (exact) mass is 340 g/mol. The van der Waals surface area contributed by atoms with Crippen LogP contribution in [0.2, 0.25) is 0 Å². The highest BCUT2D eigenvalue weighted by Crippen LogP contribution is 2.20. The van der Waals surface area contributed by atoms with Gasteiger partial charge in [0.2, 0.25) is 0 Å². The maximum absolute atomic E-state index is 4.49. The fraction of sp³-hybridized carbons (Fsp3) is 0.462. The van der Waals surface area contributed by atoms with Crippen molar-refractivity contribution in [2.75, 3.05) is 18.4 Å². The van der Waals surface area contributed by atoms with Crippen molar-refractivity contribution in [2.45, 2.75) is 20.0 Å². The van der Waals surface area contributed by atoms with Crippen LogP contribution in [0.3, 0.4) is 0 Å². The molecule has 0 aliphatic carbocycles. The van der Waals surface area contributed by atoms with Gasteiger partial charge in [0.15, 0.2) is 0 Å². The van der Waals surface area contributed by atoms with Crippen LogP contribution in [0, 0.1) is 12.8 Å². The molecule has 2 N–H and O–H groups in total. The summed E-state index contributed by atoms with van der Waals surface area (Å²) in [6.07, 6.45) is 0. The molecule has 2 aromatic rings. The highest BCUT2D eigenvalue weighted by atomic mass is 79.9. The Morgan fingerprint density at radius 3 is 3.26 bits per heavy atom. The lowest BCUT2D eigenvalue weighted by Crippen LogP contribution is -2.35. The summed E-state index contributed by atoms with van der Waals surface area (Å²) in [7, 11) is 0. The number of rotatable bonds is 4. The summed E-state index contributed by atoms with van der Waals surface area (Å²) in [5, 5.41) is 13.6. The molecule has 102 valence electrons. The fourth-order valence-corrected chi connectivity index (χ4v) is 3.79. The number of halogens is 1. The molecule has 6 heteroatoms. The minimum absolute atomic E-state index is 0.593. The van der Waals surface area contributed by atoms with Crippen molar-refractivity contribution in [1.82, 2.24) is 15.1 Å². The van der Waals surface area contributed by atoms with Gasteiger partial charge in [0.1, 0.15) is 5.82 Å². The Labute approximate surface area is 125 Å². The summed E-state index contributed by atoms with van der Waals surface area (Å²) in [6.45, 7) is 6.01. The van der Waals surface area contributed by atoms with Crippen LogP contribution < -0.4 is 10.6 Å². The van der Waals surface area contributed by atoms with Gasteiger partial charge >= 0.3 is 0 Å². The van der Waals surface area contributed by atoms with E-state index in [1.807, 2.05) is 6.92 Å². The zero-order valence-electron chi connectivity index (χ0n) is 10.8. The van der Waals surface area contributed by atoms with E-state index in [4.69, 9.17) is 0 Å². The molecule has 0 saturated heterocycles. The first kappa shape index (κ1) is 13.1. The third-order valence-corrected chi connectivity index (χ3v) is 4.96. The highest BCUT2D eigenvalue weighted by Gasteiger charge is 2.18. The molecule has 3 heterocycles. The van der Waals surface area contributed by atoms with Gasteiger partial charge < -0.3 is 10.6 Å². The third kappa shape index (κ3) is 3.19. The van der Waals surface area contributed by atoms with Crippen LogP contribution in [0.4, 0.5) is 5.82 Å². The Morgan fingerprint density at radius 1 is 1.58 bits per heavy atom. The molecule has 0 amide bonds. The highest BCUT2D eigenvalue weighted by molar-refractivity contribution is 9.10. The largest absolute Gasteiger partial charge is 0.370 e. The maximum Gasteiger partial charge on any atom is 0.124 e. The SMILES string of the molecule is Cc1cc2n(n1)C[C@H](CNCc1cc(Br)cs1)CN2. The smallest absolute Gasteiger partial charge is 0.124 e. The molecule has 4 nitrogen and oxygen atoms in total. The first-order chi connectivity index (χ1) is 9.20. The lowest BCUT2D eigenvalue weighted by molar-refractivity contribution is 0.391. The van der Waals surface area contributed by atoms with E-state index in [-0.39, 0.29) is 0 Å². The number of nitrogens with one attached hydrogen (secondary N) is 2. The Balaban J connectivity index is 1.49.